The molecular weight excluding hydrogens is 384 g/mol. The minimum Gasteiger partial charge on any atom is -0.496 e. The molecule has 30 heavy (non-hydrogen) atoms. The third-order valence-electron chi connectivity index (χ3n) is 5.40. The number of hydrogen-bond donors (Lipinski definition) is 0. The van der Waals surface area contributed by atoms with Crippen LogP contribution in [0.1, 0.15) is 23.6 Å². The summed E-state index contributed by atoms with van der Waals surface area (Å²) < 4.78 is 18.9. The predicted octanol–water partition coefficient (Wildman–Crippen LogP) is 3.64. The second kappa shape index (κ2) is 6.88. The number of methoxy groups -OCH3 is 1. The zero-order valence-corrected chi connectivity index (χ0v) is 16.4. The Morgan fingerprint density at radius 3 is 2.63 bits per heavy atom. The largest absolute Gasteiger partial charge is 0.496 e. The van der Waals surface area contributed by atoms with Crippen LogP contribution in [0.2, 0.25) is 0 Å². The molecule has 1 unspecified atom stereocenters. The molecule has 7 nitrogen and oxygen atoms in total. The van der Waals surface area contributed by atoms with Crippen LogP contribution in [0.5, 0.6) is 11.5 Å². The van der Waals surface area contributed by atoms with Gasteiger partial charge in [-0.1, -0.05) is 30.3 Å². The zero-order chi connectivity index (χ0) is 20.8. The Morgan fingerprint density at radius 1 is 1.13 bits per heavy atom. The van der Waals surface area contributed by atoms with E-state index in [0.29, 0.717) is 33.8 Å². The van der Waals surface area contributed by atoms with Crippen molar-refractivity contribution in [2.75, 3.05) is 7.11 Å². The van der Waals surface area contributed by atoms with Crippen molar-refractivity contribution in [2.24, 2.45) is 7.05 Å². The first-order chi connectivity index (χ1) is 14.6. The molecule has 5 rings (SSSR count). The molecule has 4 aromatic rings. The SMILES string of the molecule is COc1cc2c(c3oc(-c4ccccc4)cc(=O)c13)C(c1ccnn1C)CC(=O)O2. The number of nitrogens with zero attached hydrogens (tertiary/aromatic N) is 2. The van der Waals surface area contributed by atoms with Crippen LogP contribution >= 0.6 is 0 Å². The second-order valence-corrected chi connectivity index (χ2v) is 7.15. The van der Waals surface area contributed by atoms with Crippen molar-refractivity contribution in [2.45, 2.75) is 12.3 Å². The van der Waals surface area contributed by atoms with Gasteiger partial charge < -0.3 is 13.9 Å². The lowest BCUT2D eigenvalue weighted by Gasteiger charge is -2.26. The molecule has 0 N–H and O–H groups in total. The van der Waals surface area contributed by atoms with Crippen molar-refractivity contribution >= 4 is 16.9 Å². The van der Waals surface area contributed by atoms with Gasteiger partial charge in [-0.2, -0.15) is 5.10 Å². The van der Waals surface area contributed by atoms with Crippen LogP contribution in [0.4, 0.5) is 0 Å². The molecule has 2 aromatic heterocycles. The maximum atomic E-state index is 13.1. The first-order valence-electron chi connectivity index (χ1n) is 9.49. The van der Waals surface area contributed by atoms with Gasteiger partial charge in [-0.05, 0) is 6.07 Å². The van der Waals surface area contributed by atoms with Gasteiger partial charge in [0.15, 0.2) is 5.43 Å². The van der Waals surface area contributed by atoms with Crippen molar-refractivity contribution in [1.82, 2.24) is 9.78 Å². The molecule has 1 atom stereocenters. The zero-order valence-electron chi connectivity index (χ0n) is 16.4. The molecule has 1 aliphatic rings. The van der Waals surface area contributed by atoms with Gasteiger partial charge in [-0.15, -0.1) is 0 Å². The summed E-state index contributed by atoms with van der Waals surface area (Å²) in [6.07, 6.45) is 1.79. The van der Waals surface area contributed by atoms with Crippen LogP contribution in [0.15, 0.2) is 63.9 Å². The average molecular weight is 402 g/mol. The summed E-state index contributed by atoms with van der Waals surface area (Å²) in [7, 11) is 3.28. The van der Waals surface area contributed by atoms with E-state index in [1.807, 2.05) is 43.4 Å². The van der Waals surface area contributed by atoms with Gasteiger partial charge in [0.05, 0.1) is 13.5 Å². The van der Waals surface area contributed by atoms with Crippen LogP contribution in [-0.4, -0.2) is 22.9 Å². The minimum absolute atomic E-state index is 0.118. The lowest BCUT2D eigenvalue weighted by molar-refractivity contribution is -0.135. The van der Waals surface area contributed by atoms with Gasteiger partial charge in [0.1, 0.15) is 28.2 Å². The topological polar surface area (TPSA) is 83.6 Å². The number of fused-ring (bicyclic) bond motifs is 3. The highest BCUT2D eigenvalue weighted by molar-refractivity contribution is 5.93. The number of carbonyl (C=O) groups excluding carboxylic acids is 1. The Hall–Kier alpha value is -3.87. The van der Waals surface area contributed by atoms with E-state index >= 15 is 0 Å². The van der Waals surface area contributed by atoms with E-state index in [1.165, 1.54) is 13.2 Å². The summed E-state index contributed by atoms with van der Waals surface area (Å²) in [6.45, 7) is 0. The Bertz CT molecular complexity index is 1340. The number of benzene rings is 2. The Labute approximate surface area is 171 Å². The molecule has 0 saturated carbocycles. The Morgan fingerprint density at radius 2 is 1.93 bits per heavy atom. The van der Waals surface area contributed by atoms with E-state index < -0.39 is 0 Å². The smallest absolute Gasteiger partial charge is 0.312 e. The van der Waals surface area contributed by atoms with Crippen LogP contribution in [0.25, 0.3) is 22.3 Å². The lowest BCUT2D eigenvalue weighted by atomic mass is 9.88. The number of aromatic nitrogens is 2. The number of ether oxygens (including phenoxy) is 2. The molecule has 0 aliphatic carbocycles. The number of carbonyl (C=O) groups is 1. The van der Waals surface area contributed by atoms with Crippen LogP contribution in [-0.2, 0) is 11.8 Å². The van der Waals surface area contributed by atoms with E-state index in [1.54, 1.807) is 16.9 Å². The molecule has 1 aliphatic heterocycles. The van der Waals surface area contributed by atoms with Gasteiger partial charge >= 0.3 is 5.97 Å². The second-order valence-electron chi connectivity index (χ2n) is 7.15. The first kappa shape index (κ1) is 18.2. The number of esters is 1. The molecule has 7 heteroatoms. The van der Waals surface area contributed by atoms with Gasteiger partial charge in [0.2, 0.25) is 0 Å². The molecule has 0 amide bonds. The van der Waals surface area contributed by atoms with Crippen LogP contribution < -0.4 is 14.9 Å². The third-order valence-corrected chi connectivity index (χ3v) is 5.40. The minimum atomic E-state index is -0.365. The fourth-order valence-electron chi connectivity index (χ4n) is 4.03. The Kier molecular flexibility index (Phi) is 4.17. The fourth-order valence-corrected chi connectivity index (χ4v) is 4.03. The summed E-state index contributed by atoms with van der Waals surface area (Å²) in [4.78, 5) is 25.4. The summed E-state index contributed by atoms with van der Waals surface area (Å²) >= 11 is 0. The van der Waals surface area contributed by atoms with E-state index in [-0.39, 0.29) is 23.7 Å². The van der Waals surface area contributed by atoms with Crippen LogP contribution in [0, 0.1) is 0 Å². The average Bonchev–Trinajstić information content (AvgIpc) is 3.18. The van der Waals surface area contributed by atoms with Gasteiger partial charge in [-0.25, -0.2) is 0 Å². The third kappa shape index (κ3) is 2.78. The van der Waals surface area contributed by atoms with Gasteiger partial charge in [0.25, 0.3) is 0 Å². The molecule has 0 saturated heterocycles. The summed E-state index contributed by atoms with van der Waals surface area (Å²) in [5, 5.41) is 4.55. The monoisotopic (exact) mass is 402 g/mol. The van der Waals surface area contributed by atoms with Crippen molar-refractivity contribution < 1.29 is 18.7 Å². The standard InChI is InChI=1S/C23H18N2O5/c1-25-15(8-9-24-25)14-10-20(27)29-19-12-18(28-2)22-16(26)11-17(30-23(22)21(14)19)13-6-4-3-5-7-13/h3-9,11-12,14H,10H2,1-2H3. The predicted molar refractivity (Wildman–Crippen MR) is 110 cm³/mol. The molecule has 0 spiro atoms. The van der Waals surface area contributed by atoms with Gasteiger partial charge in [-0.3, -0.25) is 14.3 Å². The van der Waals surface area contributed by atoms with E-state index in [2.05, 4.69) is 5.10 Å². The lowest BCUT2D eigenvalue weighted by Crippen LogP contribution is -2.23. The highest BCUT2D eigenvalue weighted by Crippen LogP contribution is 2.46. The fraction of sp³-hybridized carbons (Fsp3) is 0.174. The van der Waals surface area contributed by atoms with E-state index in [4.69, 9.17) is 13.9 Å². The number of hydrogen-bond acceptors (Lipinski definition) is 6. The summed E-state index contributed by atoms with van der Waals surface area (Å²) in [5.74, 6) is 0.336. The quantitative estimate of drug-likeness (QED) is 0.384. The van der Waals surface area contributed by atoms with Crippen molar-refractivity contribution in [3.05, 3.63) is 76.2 Å². The highest BCUT2D eigenvalue weighted by atomic mass is 16.5. The number of aryl methyl sites for hydroxylation is 1. The van der Waals surface area contributed by atoms with Crippen molar-refractivity contribution in [1.29, 1.82) is 0 Å². The van der Waals surface area contributed by atoms with Crippen molar-refractivity contribution in [3.8, 4) is 22.8 Å². The van der Waals surface area contributed by atoms with E-state index in [0.717, 1.165) is 11.3 Å². The molecular formula is C23H18N2O5. The molecule has 0 radical (unpaired) electrons. The molecule has 3 heterocycles. The summed E-state index contributed by atoms with van der Waals surface area (Å²) in [5.41, 5.74) is 2.37. The molecule has 2 aromatic carbocycles. The highest BCUT2D eigenvalue weighted by Gasteiger charge is 2.35. The molecule has 0 bridgehead atoms. The Balaban J connectivity index is 1.87. The first-order valence-corrected chi connectivity index (χ1v) is 9.49. The van der Waals surface area contributed by atoms with Crippen LogP contribution in [0.3, 0.4) is 0 Å². The normalized spacial score (nSPS) is 15.7. The summed E-state index contributed by atoms with van der Waals surface area (Å²) in [6, 6.07) is 14.3. The number of rotatable bonds is 3. The molecule has 150 valence electrons. The van der Waals surface area contributed by atoms with E-state index in [9.17, 15) is 9.59 Å². The maximum Gasteiger partial charge on any atom is 0.312 e. The maximum absolute atomic E-state index is 13.1. The molecule has 0 fully saturated rings. The van der Waals surface area contributed by atoms with Gasteiger partial charge in [0, 0.05) is 48.1 Å². The van der Waals surface area contributed by atoms with Crippen molar-refractivity contribution in [3.63, 3.8) is 0 Å².